The molecule has 1 aromatic rings. The second kappa shape index (κ2) is 8.23. The van der Waals surface area contributed by atoms with Crippen molar-refractivity contribution in [2.45, 2.75) is 20.0 Å². The molecular formula is C14H24N2O. The molecule has 0 heterocycles. The van der Waals surface area contributed by atoms with Gasteiger partial charge in [0.1, 0.15) is 0 Å². The molecule has 0 amide bonds. The fourth-order valence-corrected chi connectivity index (χ4v) is 1.80. The van der Waals surface area contributed by atoms with E-state index in [0.29, 0.717) is 0 Å². The van der Waals surface area contributed by atoms with E-state index in [1.807, 2.05) is 14.0 Å². The van der Waals surface area contributed by atoms with Gasteiger partial charge in [-0.15, -0.1) is 0 Å². The van der Waals surface area contributed by atoms with E-state index in [2.05, 4.69) is 41.5 Å². The van der Waals surface area contributed by atoms with Crippen molar-refractivity contribution in [1.29, 1.82) is 0 Å². The lowest BCUT2D eigenvalue weighted by atomic mass is 10.1. The molecule has 0 spiro atoms. The summed E-state index contributed by atoms with van der Waals surface area (Å²) in [7, 11) is 4.10. The van der Waals surface area contributed by atoms with Crippen molar-refractivity contribution < 1.29 is 4.74 Å². The maximum Gasteiger partial charge on any atom is 0.0593 e. The largest absolute Gasteiger partial charge is 0.380 e. The van der Waals surface area contributed by atoms with Crippen molar-refractivity contribution in [1.82, 2.24) is 10.2 Å². The van der Waals surface area contributed by atoms with Crippen LogP contribution in [0.4, 0.5) is 0 Å². The van der Waals surface area contributed by atoms with Gasteiger partial charge in [0.15, 0.2) is 0 Å². The standard InChI is InChI=1S/C14H24N2O/c1-4-17-9-8-16(3)12-14-7-5-6-13(10-14)11-15-2/h5-7,10,15H,4,8-9,11-12H2,1-3H3. The molecule has 0 saturated heterocycles. The third-order valence-electron chi connectivity index (χ3n) is 2.65. The maximum absolute atomic E-state index is 5.35. The summed E-state index contributed by atoms with van der Waals surface area (Å²) in [4.78, 5) is 2.29. The second-order valence-corrected chi connectivity index (χ2v) is 4.28. The maximum atomic E-state index is 5.35. The Labute approximate surface area is 105 Å². The van der Waals surface area contributed by atoms with E-state index in [-0.39, 0.29) is 0 Å². The zero-order valence-electron chi connectivity index (χ0n) is 11.2. The van der Waals surface area contributed by atoms with Gasteiger partial charge in [-0.25, -0.2) is 0 Å². The predicted octanol–water partition coefficient (Wildman–Crippen LogP) is 1.87. The molecule has 0 atom stereocenters. The molecule has 0 aliphatic heterocycles. The molecule has 1 aromatic carbocycles. The van der Waals surface area contributed by atoms with Crippen LogP contribution in [0.3, 0.4) is 0 Å². The summed E-state index contributed by atoms with van der Waals surface area (Å²) < 4.78 is 5.35. The van der Waals surface area contributed by atoms with E-state index in [1.165, 1.54) is 11.1 Å². The number of hydrogen-bond acceptors (Lipinski definition) is 3. The Kier molecular flexibility index (Phi) is 6.86. The van der Waals surface area contributed by atoms with Crippen molar-refractivity contribution in [2.75, 3.05) is 33.9 Å². The van der Waals surface area contributed by atoms with Crippen molar-refractivity contribution >= 4 is 0 Å². The Morgan fingerprint density at radius 3 is 2.76 bits per heavy atom. The van der Waals surface area contributed by atoms with Crippen LogP contribution in [-0.4, -0.2) is 38.8 Å². The number of hydrogen-bond donors (Lipinski definition) is 1. The molecule has 0 aliphatic rings. The number of nitrogens with one attached hydrogen (secondary N) is 1. The van der Waals surface area contributed by atoms with Gasteiger partial charge in [0.2, 0.25) is 0 Å². The van der Waals surface area contributed by atoms with E-state index >= 15 is 0 Å². The summed E-state index contributed by atoms with van der Waals surface area (Å²) in [5.74, 6) is 0. The number of nitrogens with zero attached hydrogens (tertiary/aromatic N) is 1. The van der Waals surface area contributed by atoms with E-state index in [0.717, 1.165) is 32.8 Å². The minimum atomic E-state index is 0.797. The average molecular weight is 236 g/mol. The molecule has 0 unspecified atom stereocenters. The summed E-state index contributed by atoms with van der Waals surface area (Å²) in [6.07, 6.45) is 0. The van der Waals surface area contributed by atoms with Crippen LogP contribution in [-0.2, 0) is 17.8 Å². The molecule has 0 aliphatic carbocycles. The molecular weight excluding hydrogens is 212 g/mol. The van der Waals surface area contributed by atoms with Gasteiger partial charge in [-0.1, -0.05) is 24.3 Å². The number of ether oxygens (including phenoxy) is 1. The van der Waals surface area contributed by atoms with Crippen LogP contribution in [0.1, 0.15) is 18.1 Å². The van der Waals surface area contributed by atoms with Gasteiger partial charge in [0.05, 0.1) is 6.61 Å². The van der Waals surface area contributed by atoms with Gasteiger partial charge < -0.3 is 10.1 Å². The fraction of sp³-hybridized carbons (Fsp3) is 0.571. The molecule has 0 aromatic heterocycles. The third kappa shape index (κ3) is 5.82. The van der Waals surface area contributed by atoms with E-state index < -0.39 is 0 Å². The summed E-state index contributed by atoms with van der Waals surface area (Å²) >= 11 is 0. The number of benzene rings is 1. The first-order chi connectivity index (χ1) is 8.26. The van der Waals surface area contributed by atoms with Crippen LogP contribution in [0, 0.1) is 0 Å². The monoisotopic (exact) mass is 236 g/mol. The summed E-state index contributed by atoms with van der Waals surface area (Å²) in [5.41, 5.74) is 2.69. The fourth-order valence-electron chi connectivity index (χ4n) is 1.80. The quantitative estimate of drug-likeness (QED) is 0.697. The smallest absolute Gasteiger partial charge is 0.0593 e. The van der Waals surface area contributed by atoms with Crippen molar-refractivity contribution in [3.63, 3.8) is 0 Å². The van der Waals surface area contributed by atoms with Crippen LogP contribution in [0.15, 0.2) is 24.3 Å². The van der Waals surface area contributed by atoms with Crippen LogP contribution in [0.5, 0.6) is 0 Å². The molecule has 0 fully saturated rings. The third-order valence-corrected chi connectivity index (χ3v) is 2.65. The van der Waals surface area contributed by atoms with E-state index in [9.17, 15) is 0 Å². The van der Waals surface area contributed by atoms with Crippen LogP contribution < -0.4 is 5.32 Å². The summed E-state index contributed by atoms with van der Waals surface area (Å²) in [5, 5.41) is 3.17. The Morgan fingerprint density at radius 2 is 2.06 bits per heavy atom. The molecule has 3 heteroatoms. The Hall–Kier alpha value is -0.900. The first-order valence-electron chi connectivity index (χ1n) is 6.25. The molecule has 0 radical (unpaired) electrons. The summed E-state index contributed by atoms with van der Waals surface area (Å²) in [6.45, 7) is 6.52. The van der Waals surface area contributed by atoms with Gasteiger partial charge in [-0.05, 0) is 32.1 Å². The van der Waals surface area contributed by atoms with Gasteiger partial charge in [-0.3, -0.25) is 4.90 Å². The van der Waals surface area contributed by atoms with Crippen LogP contribution in [0.25, 0.3) is 0 Å². The highest BCUT2D eigenvalue weighted by molar-refractivity contribution is 5.23. The van der Waals surface area contributed by atoms with Crippen molar-refractivity contribution in [3.05, 3.63) is 35.4 Å². The molecule has 1 rings (SSSR count). The van der Waals surface area contributed by atoms with Crippen LogP contribution >= 0.6 is 0 Å². The lowest BCUT2D eigenvalue weighted by molar-refractivity contribution is 0.120. The average Bonchev–Trinajstić information content (AvgIpc) is 2.30. The van der Waals surface area contributed by atoms with Gasteiger partial charge in [0.25, 0.3) is 0 Å². The molecule has 0 bridgehead atoms. The number of rotatable bonds is 8. The Morgan fingerprint density at radius 1 is 1.29 bits per heavy atom. The Balaban J connectivity index is 2.41. The van der Waals surface area contributed by atoms with Crippen molar-refractivity contribution in [3.8, 4) is 0 Å². The van der Waals surface area contributed by atoms with Gasteiger partial charge in [0, 0.05) is 26.2 Å². The highest BCUT2D eigenvalue weighted by Gasteiger charge is 2.01. The lowest BCUT2D eigenvalue weighted by Gasteiger charge is -2.17. The molecule has 3 nitrogen and oxygen atoms in total. The second-order valence-electron chi connectivity index (χ2n) is 4.28. The first kappa shape index (κ1) is 14.2. The zero-order chi connectivity index (χ0) is 12.5. The van der Waals surface area contributed by atoms with E-state index in [1.54, 1.807) is 0 Å². The van der Waals surface area contributed by atoms with Crippen LogP contribution in [0.2, 0.25) is 0 Å². The SMILES string of the molecule is CCOCCN(C)Cc1cccc(CNC)c1. The summed E-state index contributed by atoms with van der Waals surface area (Å²) in [6, 6.07) is 8.71. The molecule has 96 valence electrons. The predicted molar refractivity (Wildman–Crippen MR) is 72.0 cm³/mol. The van der Waals surface area contributed by atoms with E-state index in [4.69, 9.17) is 4.74 Å². The molecule has 17 heavy (non-hydrogen) atoms. The van der Waals surface area contributed by atoms with Gasteiger partial charge >= 0.3 is 0 Å². The Bertz CT molecular complexity index is 315. The highest BCUT2D eigenvalue weighted by Crippen LogP contribution is 2.07. The highest BCUT2D eigenvalue weighted by atomic mass is 16.5. The lowest BCUT2D eigenvalue weighted by Crippen LogP contribution is -2.22. The van der Waals surface area contributed by atoms with Crippen molar-refractivity contribution in [2.24, 2.45) is 0 Å². The minimum Gasteiger partial charge on any atom is -0.380 e. The normalized spacial score (nSPS) is 11.1. The first-order valence-corrected chi connectivity index (χ1v) is 6.25. The topological polar surface area (TPSA) is 24.5 Å². The van der Waals surface area contributed by atoms with Gasteiger partial charge in [-0.2, -0.15) is 0 Å². The molecule has 1 N–H and O–H groups in total. The number of likely N-dealkylation sites (N-methyl/N-ethyl adjacent to an activating group) is 1. The zero-order valence-corrected chi connectivity index (χ0v) is 11.2. The molecule has 0 saturated carbocycles. The minimum absolute atomic E-state index is 0.797.